The van der Waals surface area contributed by atoms with Crippen molar-refractivity contribution >= 4 is 17.4 Å². The Bertz CT molecular complexity index is 431. The first-order valence-electron chi connectivity index (χ1n) is 6.50. The molecule has 1 saturated heterocycles. The molecular formula is C14H21N3O. The summed E-state index contributed by atoms with van der Waals surface area (Å²) < 4.78 is 0. The summed E-state index contributed by atoms with van der Waals surface area (Å²) >= 11 is 0. The lowest BCUT2D eigenvalue weighted by Gasteiger charge is -2.21. The fourth-order valence-electron chi connectivity index (χ4n) is 1.91. The van der Waals surface area contributed by atoms with E-state index in [-0.39, 0.29) is 6.03 Å². The molecule has 0 spiro atoms. The molecule has 98 valence electrons. The highest BCUT2D eigenvalue weighted by atomic mass is 16.2. The zero-order valence-electron chi connectivity index (χ0n) is 11.2. The van der Waals surface area contributed by atoms with Gasteiger partial charge in [-0.2, -0.15) is 0 Å². The van der Waals surface area contributed by atoms with Gasteiger partial charge < -0.3 is 10.6 Å². The molecular weight excluding hydrogens is 226 g/mol. The second-order valence-corrected chi connectivity index (χ2v) is 5.11. The van der Waals surface area contributed by atoms with Crippen molar-refractivity contribution in [2.45, 2.75) is 26.8 Å². The van der Waals surface area contributed by atoms with E-state index in [0.29, 0.717) is 12.0 Å². The van der Waals surface area contributed by atoms with Gasteiger partial charge in [0.1, 0.15) is 0 Å². The molecule has 2 N–H and O–H groups in total. The molecule has 4 nitrogen and oxygen atoms in total. The number of hydrogen-bond donors (Lipinski definition) is 2. The lowest BCUT2D eigenvalue weighted by Crippen LogP contribution is -2.28. The van der Waals surface area contributed by atoms with Gasteiger partial charge in [0.25, 0.3) is 0 Å². The van der Waals surface area contributed by atoms with Crippen LogP contribution in [0.25, 0.3) is 0 Å². The molecule has 0 aliphatic carbocycles. The molecule has 1 aliphatic heterocycles. The molecule has 0 aromatic heterocycles. The standard InChI is InChI=1S/C14H21N3O/c1-10(2)11(3)16-12-5-4-6-13(9-12)17-8-7-15-14(17)18/h4-6,9-11,16H,7-8H2,1-3H3,(H,15,18). The highest BCUT2D eigenvalue weighted by molar-refractivity contribution is 5.94. The van der Waals surface area contributed by atoms with Gasteiger partial charge in [-0.05, 0) is 31.0 Å². The minimum Gasteiger partial charge on any atom is -0.382 e. The van der Waals surface area contributed by atoms with Crippen molar-refractivity contribution in [2.75, 3.05) is 23.3 Å². The minimum atomic E-state index is -0.0101. The van der Waals surface area contributed by atoms with Crippen molar-refractivity contribution in [1.82, 2.24) is 5.32 Å². The van der Waals surface area contributed by atoms with Gasteiger partial charge in [-0.25, -0.2) is 4.79 Å². The Morgan fingerprint density at radius 2 is 2.11 bits per heavy atom. The van der Waals surface area contributed by atoms with Crippen LogP contribution < -0.4 is 15.5 Å². The quantitative estimate of drug-likeness (QED) is 0.859. The second kappa shape index (κ2) is 5.29. The molecule has 1 aromatic rings. The van der Waals surface area contributed by atoms with Gasteiger partial charge in [0.2, 0.25) is 0 Å². The number of carbonyl (C=O) groups excluding carboxylic acids is 1. The van der Waals surface area contributed by atoms with Gasteiger partial charge in [0.15, 0.2) is 0 Å². The van der Waals surface area contributed by atoms with E-state index in [1.807, 2.05) is 24.3 Å². The number of rotatable bonds is 4. The number of nitrogens with one attached hydrogen (secondary N) is 2. The van der Waals surface area contributed by atoms with Crippen LogP contribution in [0.4, 0.5) is 16.2 Å². The smallest absolute Gasteiger partial charge is 0.321 e. The van der Waals surface area contributed by atoms with Gasteiger partial charge in [-0.1, -0.05) is 19.9 Å². The van der Waals surface area contributed by atoms with Crippen LogP contribution in [0, 0.1) is 5.92 Å². The first-order chi connectivity index (χ1) is 8.58. The van der Waals surface area contributed by atoms with E-state index in [2.05, 4.69) is 31.4 Å². The maximum atomic E-state index is 11.6. The Morgan fingerprint density at radius 1 is 1.33 bits per heavy atom. The summed E-state index contributed by atoms with van der Waals surface area (Å²) in [6.07, 6.45) is 0. The lowest BCUT2D eigenvalue weighted by molar-refractivity contribution is 0.252. The molecule has 18 heavy (non-hydrogen) atoms. The van der Waals surface area contributed by atoms with E-state index in [1.54, 1.807) is 4.90 Å². The summed E-state index contributed by atoms with van der Waals surface area (Å²) in [7, 11) is 0. The van der Waals surface area contributed by atoms with Crippen molar-refractivity contribution in [2.24, 2.45) is 5.92 Å². The zero-order valence-corrected chi connectivity index (χ0v) is 11.2. The molecule has 1 heterocycles. The third-order valence-corrected chi connectivity index (χ3v) is 3.41. The predicted molar refractivity (Wildman–Crippen MR) is 75.1 cm³/mol. The molecule has 2 rings (SSSR count). The number of benzene rings is 1. The van der Waals surface area contributed by atoms with Crippen LogP contribution in [0.3, 0.4) is 0 Å². The monoisotopic (exact) mass is 247 g/mol. The van der Waals surface area contributed by atoms with E-state index in [9.17, 15) is 4.79 Å². The van der Waals surface area contributed by atoms with Crippen molar-refractivity contribution in [3.63, 3.8) is 0 Å². The minimum absolute atomic E-state index is 0.0101. The molecule has 4 heteroatoms. The fraction of sp³-hybridized carbons (Fsp3) is 0.500. The van der Waals surface area contributed by atoms with E-state index in [1.165, 1.54) is 0 Å². The SMILES string of the molecule is CC(C)C(C)Nc1cccc(N2CCNC2=O)c1. The third kappa shape index (κ3) is 2.75. The molecule has 1 atom stereocenters. The number of anilines is 2. The molecule has 1 fully saturated rings. The van der Waals surface area contributed by atoms with E-state index >= 15 is 0 Å². The molecule has 0 bridgehead atoms. The molecule has 1 aromatic carbocycles. The van der Waals surface area contributed by atoms with E-state index in [0.717, 1.165) is 24.5 Å². The largest absolute Gasteiger partial charge is 0.382 e. The van der Waals surface area contributed by atoms with Crippen molar-refractivity contribution < 1.29 is 4.79 Å². The van der Waals surface area contributed by atoms with E-state index < -0.39 is 0 Å². The fourth-order valence-corrected chi connectivity index (χ4v) is 1.91. The van der Waals surface area contributed by atoms with Crippen LogP contribution in [0.15, 0.2) is 24.3 Å². The average molecular weight is 247 g/mol. The molecule has 0 saturated carbocycles. The Kier molecular flexibility index (Phi) is 3.75. The van der Waals surface area contributed by atoms with Crippen molar-refractivity contribution in [3.05, 3.63) is 24.3 Å². The van der Waals surface area contributed by atoms with Crippen LogP contribution in [0.5, 0.6) is 0 Å². The van der Waals surface area contributed by atoms with Gasteiger partial charge in [0.05, 0.1) is 0 Å². The summed E-state index contributed by atoms with van der Waals surface area (Å²) in [6.45, 7) is 8.01. The normalized spacial score (nSPS) is 16.9. The second-order valence-electron chi connectivity index (χ2n) is 5.11. The van der Waals surface area contributed by atoms with E-state index in [4.69, 9.17) is 0 Å². The van der Waals surface area contributed by atoms with Crippen molar-refractivity contribution in [1.29, 1.82) is 0 Å². The third-order valence-electron chi connectivity index (χ3n) is 3.41. The van der Waals surface area contributed by atoms with Crippen LogP contribution in [0.1, 0.15) is 20.8 Å². The number of amides is 2. The van der Waals surface area contributed by atoms with Crippen LogP contribution in [-0.2, 0) is 0 Å². The summed E-state index contributed by atoms with van der Waals surface area (Å²) in [4.78, 5) is 13.4. The number of hydrogen-bond acceptors (Lipinski definition) is 2. The van der Waals surface area contributed by atoms with Crippen LogP contribution >= 0.6 is 0 Å². The maximum Gasteiger partial charge on any atom is 0.321 e. The summed E-state index contributed by atoms with van der Waals surface area (Å²) in [5.41, 5.74) is 2.01. The maximum absolute atomic E-state index is 11.6. The number of carbonyl (C=O) groups is 1. The van der Waals surface area contributed by atoms with Crippen molar-refractivity contribution in [3.8, 4) is 0 Å². The van der Waals surface area contributed by atoms with Gasteiger partial charge in [0, 0.05) is 30.5 Å². The highest BCUT2D eigenvalue weighted by Crippen LogP contribution is 2.22. The Hall–Kier alpha value is -1.71. The van der Waals surface area contributed by atoms with Crippen LogP contribution in [0.2, 0.25) is 0 Å². The predicted octanol–water partition coefficient (Wildman–Crippen LogP) is 2.67. The number of nitrogens with zero attached hydrogens (tertiary/aromatic N) is 1. The Balaban J connectivity index is 2.12. The zero-order chi connectivity index (χ0) is 13.1. The van der Waals surface area contributed by atoms with Crippen LogP contribution in [-0.4, -0.2) is 25.2 Å². The topological polar surface area (TPSA) is 44.4 Å². The lowest BCUT2D eigenvalue weighted by atomic mass is 10.1. The number of urea groups is 1. The molecule has 1 unspecified atom stereocenters. The average Bonchev–Trinajstić information content (AvgIpc) is 2.75. The Morgan fingerprint density at radius 3 is 2.72 bits per heavy atom. The first kappa shape index (κ1) is 12.7. The van der Waals surface area contributed by atoms with Gasteiger partial charge >= 0.3 is 6.03 Å². The van der Waals surface area contributed by atoms with Gasteiger partial charge in [-0.3, -0.25) is 4.90 Å². The summed E-state index contributed by atoms with van der Waals surface area (Å²) in [6, 6.07) is 8.42. The summed E-state index contributed by atoms with van der Waals surface area (Å²) in [5, 5.41) is 6.27. The Labute approximate surface area is 108 Å². The molecule has 2 amide bonds. The highest BCUT2D eigenvalue weighted by Gasteiger charge is 2.21. The molecule has 1 aliphatic rings. The van der Waals surface area contributed by atoms with Gasteiger partial charge in [-0.15, -0.1) is 0 Å². The summed E-state index contributed by atoms with van der Waals surface area (Å²) in [5.74, 6) is 0.573. The molecule has 0 radical (unpaired) electrons. The first-order valence-corrected chi connectivity index (χ1v) is 6.50.